The SMILES string of the molecule is CCOC(=O)c1[nH]c2cc(Cl)cc(Cl)c2c1/C=C/C(=O)Nc1ccc(CNC(N)=O)cc1. The van der Waals surface area contributed by atoms with Crippen LogP contribution in [0.4, 0.5) is 10.5 Å². The molecule has 3 rings (SSSR count). The highest BCUT2D eigenvalue weighted by atomic mass is 35.5. The number of urea groups is 1. The first kappa shape index (κ1) is 23.2. The Labute approximate surface area is 193 Å². The van der Waals surface area contributed by atoms with Crippen LogP contribution in [0.5, 0.6) is 0 Å². The lowest BCUT2D eigenvalue weighted by Gasteiger charge is -2.05. The number of primary amides is 1. The summed E-state index contributed by atoms with van der Waals surface area (Å²) in [5.74, 6) is -0.988. The zero-order chi connectivity index (χ0) is 23.3. The number of carbonyl (C=O) groups is 3. The van der Waals surface area contributed by atoms with Crippen molar-refractivity contribution in [2.75, 3.05) is 11.9 Å². The number of amides is 3. The molecule has 32 heavy (non-hydrogen) atoms. The molecule has 0 bridgehead atoms. The Hall–Kier alpha value is -3.49. The molecule has 1 aromatic heterocycles. The largest absolute Gasteiger partial charge is 0.461 e. The van der Waals surface area contributed by atoms with Crippen molar-refractivity contribution >= 4 is 63.8 Å². The number of esters is 1. The van der Waals surface area contributed by atoms with E-state index in [-0.39, 0.29) is 18.8 Å². The second kappa shape index (κ2) is 10.2. The number of hydrogen-bond acceptors (Lipinski definition) is 4. The van der Waals surface area contributed by atoms with Crippen LogP contribution in [-0.2, 0) is 16.1 Å². The zero-order valence-corrected chi connectivity index (χ0v) is 18.5. The Morgan fingerprint density at radius 2 is 1.88 bits per heavy atom. The molecule has 2 aromatic carbocycles. The van der Waals surface area contributed by atoms with Crippen LogP contribution in [0.2, 0.25) is 10.0 Å². The predicted octanol–water partition coefficient (Wildman–Crippen LogP) is 4.47. The molecule has 3 aromatic rings. The average molecular weight is 475 g/mol. The van der Waals surface area contributed by atoms with Gasteiger partial charge in [0.05, 0.1) is 11.6 Å². The molecule has 1 heterocycles. The molecular formula is C22H20Cl2N4O4. The number of aromatic amines is 1. The van der Waals surface area contributed by atoms with Gasteiger partial charge in [-0.15, -0.1) is 0 Å². The number of hydrogen-bond donors (Lipinski definition) is 4. The fraction of sp³-hybridized carbons (Fsp3) is 0.136. The Morgan fingerprint density at radius 3 is 2.53 bits per heavy atom. The fourth-order valence-corrected chi connectivity index (χ4v) is 3.64. The molecule has 0 radical (unpaired) electrons. The summed E-state index contributed by atoms with van der Waals surface area (Å²) in [4.78, 5) is 38.6. The van der Waals surface area contributed by atoms with Crippen molar-refractivity contribution in [1.29, 1.82) is 0 Å². The second-order valence-electron chi connectivity index (χ2n) is 6.68. The second-order valence-corrected chi connectivity index (χ2v) is 7.53. The van der Waals surface area contributed by atoms with Crippen LogP contribution in [0.25, 0.3) is 17.0 Å². The van der Waals surface area contributed by atoms with Gasteiger partial charge in [0.15, 0.2) is 0 Å². The van der Waals surface area contributed by atoms with E-state index in [4.69, 9.17) is 33.7 Å². The first-order chi connectivity index (χ1) is 15.3. The molecular weight excluding hydrogens is 455 g/mol. The van der Waals surface area contributed by atoms with Crippen molar-refractivity contribution in [2.24, 2.45) is 5.73 Å². The number of anilines is 1. The van der Waals surface area contributed by atoms with Crippen LogP contribution in [0.1, 0.15) is 28.5 Å². The Balaban J connectivity index is 1.82. The molecule has 0 saturated heterocycles. The topological polar surface area (TPSA) is 126 Å². The van der Waals surface area contributed by atoms with Gasteiger partial charge in [-0.2, -0.15) is 0 Å². The van der Waals surface area contributed by atoms with Gasteiger partial charge in [0.2, 0.25) is 5.91 Å². The van der Waals surface area contributed by atoms with E-state index in [9.17, 15) is 14.4 Å². The third kappa shape index (κ3) is 5.60. The summed E-state index contributed by atoms with van der Waals surface area (Å²) in [6, 6.07) is 9.46. The van der Waals surface area contributed by atoms with Crippen LogP contribution < -0.4 is 16.4 Å². The number of rotatable bonds is 7. The molecule has 3 amide bonds. The van der Waals surface area contributed by atoms with Crippen molar-refractivity contribution in [1.82, 2.24) is 10.3 Å². The predicted molar refractivity (Wildman–Crippen MR) is 125 cm³/mol. The molecule has 0 unspecified atom stereocenters. The third-order valence-electron chi connectivity index (χ3n) is 4.42. The van der Waals surface area contributed by atoms with E-state index in [2.05, 4.69) is 15.6 Å². The molecule has 8 nitrogen and oxygen atoms in total. The monoisotopic (exact) mass is 474 g/mol. The first-order valence-corrected chi connectivity index (χ1v) is 10.3. The van der Waals surface area contributed by atoms with Crippen molar-refractivity contribution in [3.05, 3.63) is 69.3 Å². The van der Waals surface area contributed by atoms with Crippen molar-refractivity contribution in [3.63, 3.8) is 0 Å². The minimum Gasteiger partial charge on any atom is -0.461 e. The molecule has 5 N–H and O–H groups in total. The smallest absolute Gasteiger partial charge is 0.355 e. The van der Waals surface area contributed by atoms with E-state index in [1.165, 1.54) is 12.2 Å². The van der Waals surface area contributed by atoms with E-state index in [1.54, 1.807) is 43.3 Å². The number of H-pyrrole nitrogens is 1. The number of fused-ring (bicyclic) bond motifs is 1. The van der Waals surface area contributed by atoms with Gasteiger partial charge in [-0.05, 0) is 42.8 Å². The van der Waals surface area contributed by atoms with Crippen LogP contribution in [0.3, 0.4) is 0 Å². The molecule has 0 fully saturated rings. The highest BCUT2D eigenvalue weighted by Gasteiger charge is 2.20. The van der Waals surface area contributed by atoms with Crippen LogP contribution in [0.15, 0.2) is 42.5 Å². The minimum absolute atomic E-state index is 0.168. The molecule has 166 valence electrons. The molecule has 0 aliphatic carbocycles. The van der Waals surface area contributed by atoms with Gasteiger partial charge in [-0.1, -0.05) is 35.3 Å². The Kier molecular flexibility index (Phi) is 7.40. The minimum atomic E-state index is -0.616. The van der Waals surface area contributed by atoms with Gasteiger partial charge in [-0.3, -0.25) is 4.79 Å². The maximum absolute atomic E-state index is 12.4. The summed E-state index contributed by atoms with van der Waals surface area (Å²) in [6.45, 7) is 2.17. The number of nitrogens with one attached hydrogen (secondary N) is 3. The number of ether oxygens (including phenoxy) is 1. The van der Waals surface area contributed by atoms with E-state index < -0.39 is 17.9 Å². The lowest BCUT2D eigenvalue weighted by molar-refractivity contribution is -0.111. The summed E-state index contributed by atoms with van der Waals surface area (Å²) in [7, 11) is 0. The van der Waals surface area contributed by atoms with E-state index in [1.807, 2.05) is 0 Å². The van der Waals surface area contributed by atoms with Gasteiger partial charge in [-0.25, -0.2) is 9.59 Å². The van der Waals surface area contributed by atoms with E-state index in [0.717, 1.165) is 5.56 Å². The van der Waals surface area contributed by atoms with Gasteiger partial charge in [0.1, 0.15) is 5.69 Å². The average Bonchev–Trinajstić information content (AvgIpc) is 3.10. The zero-order valence-electron chi connectivity index (χ0n) is 17.0. The van der Waals surface area contributed by atoms with Gasteiger partial charge in [0, 0.05) is 39.8 Å². The number of nitrogens with two attached hydrogens (primary N) is 1. The third-order valence-corrected chi connectivity index (χ3v) is 4.94. The van der Waals surface area contributed by atoms with Gasteiger partial charge in [0.25, 0.3) is 0 Å². The molecule has 10 heteroatoms. The fourth-order valence-electron chi connectivity index (χ4n) is 3.04. The molecule has 0 aliphatic heterocycles. The molecule has 0 aliphatic rings. The summed E-state index contributed by atoms with van der Waals surface area (Å²) in [6.07, 6.45) is 2.78. The van der Waals surface area contributed by atoms with Gasteiger partial charge < -0.3 is 26.1 Å². The van der Waals surface area contributed by atoms with Crippen molar-refractivity contribution < 1.29 is 19.1 Å². The summed E-state index contributed by atoms with van der Waals surface area (Å²) >= 11 is 12.4. The van der Waals surface area contributed by atoms with Crippen LogP contribution in [-0.4, -0.2) is 29.5 Å². The summed E-state index contributed by atoms with van der Waals surface area (Å²) in [5.41, 5.74) is 7.56. The molecule has 0 spiro atoms. The lowest BCUT2D eigenvalue weighted by Crippen LogP contribution is -2.28. The lowest BCUT2D eigenvalue weighted by atomic mass is 10.1. The molecule has 0 atom stereocenters. The standard InChI is InChI=1S/C22H20Cl2N4O4/c1-2-32-21(30)20-15(19-16(24)9-13(23)10-17(19)28-20)7-8-18(29)27-14-5-3-12(4-6-14)11-26-22(25)31/h3-10,28H,2,11H2,1H3,(H,27,29)(H3,25,26,31)/b8-7+. The Morgan fingerprint density at radius 1 is 1.16 bits per heavy atom. The van der Waals surface area contributed by atoms with Crippen LogP contribution in [0, 0.1) is 0 Å². The number of aromatic nitrogens is 1. The van der Waals surface area contributed by atoms with Gasteiger partial charge >= 0.3 is 12.0 Å². The highest BCUT2D eigenvalue weighted by Crippen LogP contribution is 2.33. The Bertz CT molecular complexity index is 1200. The summed E-state index contributed by atoms with van der Waals surface area (Å²) < 4.78 is 5.10. The van der Waals surface area contributed by atoms with Crippen LogP contribution >= 0.6 is 23.2 Å². The number of carbonyl (C=O) groups excluding carboxylic acids is 3. The van der Waals surface area contributed by atoms with E-state index in [0.29, 0.717) is 32.2 Å². The number of benzene rings is 2. The van der Waals surface area contributed by atoms with E-state index >= 15 is 0 Å². The number of halogens is 2. The first-order valence-electron chi connectivity index (χ1n) is 9.57. The quantitative estimate of drug-likeness (QED) is 0.297. The highest BCUT2D eigenvalue weighted by molar-refractivity contribution is 6.39. The summed E-state index contributed by atoms with van der Waals surface area (Å²) in [5, 5.41) is 6.50. The van der Waals surface area contributed by atoms with Crippen molar-refractivity contribution in [3.8, 4) is 0 Å². The molecule has 0 saturated carbocycles. The maximum atomic E-state index is 12.4. The maximum Gasteiger partial charge on any atom is 0.355 e. The normalized spacial score (nSPS) is 11.0. The van der Waals surface area contributed by atoms with Crippen molar-refractivity contribution in [2.45, 2.75) is 13.5 Å².